The van der Waals surface area contributed by atoms with E-state index in [4.69, 9.17) is 9.40 Å². The van der Waals surface area contributed by atoms with Crippen LogP contribution in [0.25, 0.3) is 15.9 Å². The molecule has 170 valence electrons. The summed E-state index contributed by atoms with van der Waals surface area (Å²) in [6.07, 6.45) is 5.78. The monoisotopic (exact) mass is 479 g/mol. The van der Waals surface area contributed by atoms with Crippen molar-refractivity contribution in [3.8, 4) is 5.69 Å². The van der Waals surface area contributed by atoms with Crippen LogP contribution in [0.3, 0.4) is 0 Å². The third-order valence-electron chi connectivity index (χ3n) is 5.98. The lowest BCUT2D eigenvalue weighted by atomic mass is 9.97. The Labute approximate surface area is 200 Å². The van der Waals surface area contributed by atoms with Gasteiger partial charge in [-0.3, -0.25) is 14.2 Å². The van der Waals surface area contributed by atoms with E-state index in [1.807, 2.05) is 44.2 Å². The van der Waals surface area contributed by atoms with E-state index in [2.05, 4.69) is 5.32 Å². The predicted octanol–water partition coefficient (Wildman–Crippen LogP) is 5.02. The number of nitrogens with one attached hydrogen (secondary N) is 1. The third kappa shape index (κ3) is 4.25. The number of thioether (sulfide) groups is 1. The first-order valence-corrected chi connectivity index (χ1v) is 12.8. The SMILES string of the molecule is Cc1ccccc1-n1c(SC(C)C(=O)NCc2ccco2)nc2sc3c(c2c1=O)CCCC3. The molecular weight excluding hydrogens is 454 g/mol. The Balaban J connectivity index is 1.55. The fourth-order valence-electron chi connectivity index (χ4n) is 4.23. The summed E-state index contributed by atoms with van der Waals surface area (Å²) in [6.45, 7) is 4.15. The van der Waals surface area contributed by atoms with Crippen LogP contribution in [0.15, 0.2) is 57.0 Å². The van der Waals surface area contributed by atoms with Gasteiger partial charge < -0.3 is 9.73 Å². The Morgan fingerprint density at radius 1 is 1.24 bits per heavy atom. The standard InChI is InChI=1S/C25H25N3O3S2/c1-15-8-3-5-11-19(15)28-24(30)21-18-10-4-6-12-20(18)33-23(21)27-25(28)32-16(2)22(29)26-14-17-9-7-13-31-17/h3,5,7-9,11,13,16H,4,6,10,12,14H2,1-2H3,(H,26,29). The molecule has 0 aliphatic heterocycles. The second-order valence-corrected chi connectivity index (χ2v) is 10.7. The number of aryl methyl sites for hydroxylation is 3. The quantitative estimate of drug-likeness (QED) is 0.310. The molecule has 3 aromatic heterocycles. The van der Waals surface area contributed by atoms with Gasteiger partial charge in [0.05, 0.1) is 29.1 Å². The van der Waals surface area contributed by atoms with Gasteiger partial charge in [-0.1, -0.05) is 30.0 Å². The van der Waals surface area contributed by atoms with Gasteiger partial charge in [0.15, 0.2) is 5.16 Å². The second kappa shape index (κ2) is 9.19. The summed E-state index contributed by atoms with van der Waals surface area (Å²) in [5.41, 5.74) is 2.92. The molecule has 0 radical (unpaired) electrons. The molecule has 0 saturated heterocycles. The van der Waals surface area contributed by atoms with Crippen LogP contribution in [0, 0.1) is 6.92 Å². The fourth-order valence-corrected chi connectivity index (χ4v) is 6.48. The van der Waals surface area contributed by atoms with Crippen LogP contribution < -0.4 is 10.9 Å². The number of amides is 1. The molecule has 5 rings (SSSR count). The number of furan rings is 1. The van der Waals surface area contributed by atoms with Crippen molar-refractivity contribution in [2.75, 3.05) is 0 Å². The summed E-state index contributed by atoms with van der Waals surface area (Å²) in [6, 6.07) is 11.4. The van der Waals surface area contributed by atoms with Crippen LogP contribution in [0.4, 0.5) is 0 Å². The first kappa shape index (κ1) is 22.0. The van der Waals surface area contributed by atoms with E-state index in [1.54, 1.807) is 28.2 Å². The number of fused-ring (bicyclic) bond motifs is 3. The van der Waals surface area contributed by atoms with Gasteiger partial charge in [0.1, 0.15) is 10.6 Å². The molecule has 3 heterocycles. The Kier molecular flexibility index (Phi) is 6.12. The molecule has 33 heavy (non-hydrogen) atoms. The highest BCUT2D eigenvalue weighted by molar-refractivity contribution is 8.00. The normalized spacial score (nSPS) is 14.2. The van der Waals surface area contributed by atoms with Crippen LogP contribution in [0.5, 0.6) is 0 Å². The van der Waals surface area contributed by atoms with Crippen molar-refractivity contribution in [3.63, 3.8) is 0 Å². The van der Waals surface area contributed by atoms with Crippen LogP contribution in [0.1, 0.15) is 41.5 Å². The zero-order valence-electron chi connectivity index (χ0n) is 18.6. The zero-order chi connectivity index (χ0) is 22.9. The summed E-state index contributed by atoms with van der Waals surface area (Å²) in [7, 11) is 0. The van der Waals surface area contributed by atoms with Gasteiger partial charge in [-0.2, -0.15) is 0 Å². The summed E-state index contributed by atoms with van der Waals surface area (Å²) >= 11 is 2.94. The smallest absolute Gasteiger partial charge is 0.267 e. The molecule has 1 aromatic carbocycles. The van der Waals surface area contributed by atoms with Crippen molar-refractivity contribution in [3.05, 3.63) is 74.8 Å². The Morgan fingerprint density at radius 2 is 2.06 bits per heavy atom. The molecule has 1 N–H and O–H groups in total. The van der Waals surface area contributed by atoms with E-state index in [9.17, 15) is 9.59 Å². The number of nitrogens with zero attached hydrogens (tertiary/aromatic N) is 2. The Hall–Kier alpha value is -2.84. The molecule has 0 fully saturated rings. The minimum absolute atomic E-state index is 0.0422. The van der Waals surface area contributed by atoms with Gasteiger partial charge in [0, 0.05) is 4.88 Å². The minimum Gasteiger partial charge on any atom is -0.467 e. The molecule has 1 aliphatic carbocycles. The predicted molar refractivity (Wildman–Crippen MR) is 132 cm³/mol. The number of benzene rings is 1. The maximum atomic E-state index is 13.9. The molecule has 1 unspecified atom stereocenters. The van der Waals surface area contributed by atoms with Crippen molar-refractivity contribution >= 4 is 39.2 Å². The number of rotatable bonds is 6. The number of carbonyl (C=O) groups excluding carboxylic acids is 1. The van der Waals surface area contributed by atoms with Crippen molar-refractivity contribution in [2.24, 2.45) is 0 Å². The van der Waals surface area contributed by atoms with Gasteiger partial charge in [-0.25, -0.2) is 4.98 Å². The lowest BCUT2D eigenvalue weighted by Gasteiger charge is -2.17. The second-order valence-electron chi connectivity index (χ2n) is 8.27. The molecular formula is C25H25N3O3S2. The summed E-state index contributed by atoms with van der Waals surface area (Å²) in [5, 5.41) is 3.76. The van der Waals surface area contributed by atoms with Crippen molar-refractivity contribution < 1.29 is 9.21 Å². The Bertz CT molecular complexity index is 1370. The van der Waals surface area contributed by atoms with Crippen molar-refractivity contribution in [1.82, 2.24) is 14.9 Å². The first-order chi connectivity index (χ1) is 16.0. The lowest BCUT2D eigenvalue weighted by Crippen LogP contribution is -2.31. The summed E-state index contributed by atoms with van der Waals surface area (Å²) in [4.78, 5) is 33.6. The van der Waals surface area contributed by atoms with E-state index < -0.39 is 5.25 Å². The molecule has 8 heteroatoms. The molecule has 4 aromatic rings. The topological polar surface area (TPSA) is 77.1 Å². The molecule has 1 atom stereocenters. The maximum absolute atomic E-state index is 13.9. The maximum Gasteiger partial charge on any atom is 0.267 e. The van der Waals surface area contributed by atoms with E-state index in [0.29, 0.717) is 17.5 Å². The number of para-hydroxylation sites is 1. The van der Waals surface area contributed by atoms with Crippen LogP contribution in [-0.2, 0) is 24.2 Å². The summed E-state index contributed by atoms with van der Waals surface area (Å²) < 4.78 is 6.99. The molecule has 6 nitrogen and oxygen atoms in total. The molecule has 1 aliphatic rings. The van der Waals surface area contributed by atoms with E-state index in [-0.39, 0.29) is 11.5 Å². The highest BCUT2D eigenvalue weighted by Gasteiger charge is 2.25. The van der Waals surface area contributed by atoms with E-state index in [0.717, 1.165) is 47.2 Å². The molecule has 0 saturated carbocycles. The Morgan fingerprint density at radius 3 is 2.85 bits per heavy atom. The van der Waals surface area contributed by atoms with E-state index in [1.165, 1.54) is 22.2 Å². The average molecular weight is 480 g/mol. The molecule has 1 amide bonds. The van der Waals surface area contributed by atoms with Gasteiger partial charge in [0.25, 0.3) is 5.56 Å². The van der Waals surface area contributed by atoms with Crippen molar-refractivity contribution in [1.29, 1.82) is 0 Å². The highest BCUT2D eigenvalue weighted by atomic mass is 32.2. The summed E-state index contributed by atoms with van der Waals surface area (Å²) in [5.74, 6) is 0.564. The zero-order valence-corrected chi connectivity index (χ0v) is 20.2. The number of aromatic nitrogens is 2. The van der Waals surface area contributed by atoms with Crippen LogP contribution >= 0.6 is 23.1 Å². The van der Waals surface area contributed by atoms with E-state index >= 15 is 0 Å². The van der Waals surface area contributed by atoms with Crippen LogP contribution in [0.2, 0.25) is 0 Å². The molecule has 0 spiro atoms. The number of carbonyl (C=O) groups is 1. The average Bonchev–Trinajstić information content (AvgIpc) is 3.46. The number of thiophene rings is 1. The van der Waals surface area contributed by atoms with Gasteiger partial charge in [-0.05, 0) is 68.9 Å². The highest BCUT2D eigenvalue weighted by Crippen LogP contribution is 2.36. The molecule has 0 bridgehead atoms. The van der Waals surface area contributed by atoms with Gasteiger partial charge in [-0.15, -0.1) is 11.3 Å². The van der Waals surface area contributed by atoms with Gasteiger partial charge in [0.2, 0.25) is 5.91 Å². The van der Waals surface area contributed by atoms with Crippen molar-refractivity contribution in [2.45, 2.75) is 56.5 Å². The number of hydrogen-bond donors (Lipinski definition) is 1. The minimum atomic E-state index is -0.436. The fraction of sp³-hybridized carbons (Fsp3) is 0.320. The van der Waals surface area contributed by atoms with Crippen LogP contribution in [-0.4, -0.2) is 20.7 Å². The third-order valence-corrected chi connectivity index (χ3v) is 8.22. The van der Waals surface area contributed by atoms with Gasteiger partial charge >= 0.3 is 0 Å². The first-order valence-electron chi connectivity index (χ1n) is 11.1. The number of hydrogen-bond acceptors (Lipinski definition) is 6. The largest absolute Gasteiger partial charge is 0.467 e. The lowest BCUT2D eigenvalue weighted by molar-refractivity contribution is -0.120.